The molecule has 0 unspecified atom stereocenters. The second-order valence-electron chi connectivity index (χ2n) is 8.76. The number of carbonyl (C=O) groups excluding carboxylic acids is 2. The van der Waals surface area contributed by atoms with Gasteiger partial charge in [0.05, 0.1) is 26.2 Å². The molecule has 0 aliphatic carbocycles. The van der Waals surface area contributed by atoms with Crippen LogP contribution in [0.15, 0.2) is 66.9 Å². The van der Waals surface area contributed by atoms with Crippen LogP contribution in [0.5, 0.6) is 23.0 Å². The maximum absolute atomic E-state index is 12.5. The van der Waals surface area contributed by atoms with E-state index in [1.165, 1.54) is 0 Å². The molecule has 0 amide bonds. The lowest BCUT2D eigenvalue weighted by Crippen LogP contribution is -2.13. The summed E-state index contributed by atoms with van der Waals surface area (Å²) in [5, 5.41) is 0.789. The molecule has 0 bridgehead atoms. The van der Waals surface area contributed by atoms with Gasteiger partial charge in [0.1, 0.15) is 23.1 Å². The summed E-state index contributed by atoms with van der Waals surface area (Å²) in [6.45, 7) is 3.98. The number of hydrogen-bond acceptors (Lipinski definition) is 6. The zero-order valence-electron chi connectivity index (χ0n) is 21.0. The monoisotopic (exact) mass is 483 g/mol. The lowest BCUT2D eigenvalue weighted by Gasteiger charge is -2.12. The molecular weight excluding hydrogens is 454 g/mol. The molecule has 0 fully saturated rings. The Balaban J connectivity index is 1.40. The lowest BCUT2D eigenvalue weighted by molar-refractivity contribution is -0.126. The number of aryl methyl sites for hydroxylation is 2. The minimum Gasteiger partial charge on any atom is -0.493 e. The highest BCUT2D eigenvalue weighted by Gasteiger charge is 2.14. The molecule has 0 saturated heterocycles. The highest BCUT2D eigenvalue weighted by molar-refractivity contribution is 6.00. The zero-order chi connectivity index (χ0) is 25.7. The van der Waals surface area contributed by atoms with Crippen LogP contribution in [0.1, 0.15) is 28.7 Å². The minimum absolute atomic E-state index is 0.0611. The number of carbonyl (C=O) groups is 2. The Morgan fingerprint density at radius 2 is 1.42 bits per heavy atom. The number of hydrogen-bond donors (Lipinski definition) is 0. The quantitative estimate of drug-likeness (QED) is 0.259. The molecule has 6 nitrogen and oxygen atoms in total. The van der Waals surface area contributed by atoms with Crippen molar-refractivity contribution in [2.45, 2.75) is 33.1 Å². The van der Waals surface area contributed by atoms with E-state index in [0.717, 1.165) is 33.2 Å². The second kappa shape index (κ2) is 11.0. The van der Waals surface area contributed by atoms with Crippen molar-refractivity contribution < 1.29 is 23.8 Å². The SMILES string of the molecule is COc1cc2nccc(Oc3ccc(CC(=O)CC(=O)Cc4c(C)cccc4C)cc3)c2cc1OC. The first-order valence-electron chi connectivity index (χ1n) is 11.7. The first-order chi connectivity index (χ1) is 17.4. The van der Waals surface area contributed by atoms with Crippen molar-refractivity contribution in [3.8, 4) is 23.0 Å². The molecule has 3 aromatic carbocycles. The molecule has 6 heteroatoms. The average Bonchev–Trinajstić information content (AvgIpc) is 2.86. The Bertz CT molecular complexity index is 1390. The summed E-state index contributed by atoms with van der Waals surface area (Å²) in [5.41, 5.74) is 4.71. The number of Topliss-reactive ketones (excluding diaryl/α,β-unsaturated/α-hetero) is 2. The Morgan fingerprint density at radius 3 is 2.08 bits per heavy atom. The van der Waals surface area contributed by atoms with Gasteiger partial charge in [-0.15, -0.1) is 0 Å². The van der Waals surface area contributed by atoms with Crippen LogP contribution in [-0.4, -0.2) is 30.8 Å². The van der Waals surface area contributed by atoms with Crippen molar-refractivity contribution >= 4 is 22.5 Å². The zero-order valence-corrected chi connectivity index (χ0v) is 21.0. The lowest BCUT2D eigenvalue weighted by atomic mass is 9.95. The van der Waals surface area contributed by atoms with Crippen LogP contribution in [0, 0.1) is 13.8 Å². The van der Waals surface area contributed by atoms with E-state index < -0.39 is 0 Å². The molecule has 36 heavy (non-hydrogen) atoms. The van der Waals surface area contributed by atoms with Crippen LogP contribution < -0.4 is 14.2 Å². The molecular formula is C30H29NO5. The Labute approximate surface area is 210 Å². The van der Waals surface area contributed by atoms with E-state index in [-0.39, 0.29) is 30.8 Å². The van der Waals surface area contributed by atoms with Crippen LogP contribution in [-0.2, 0) is 22.4 Å². The van der Waals surface area contributed by atoms with Gasteiger partial charge in [0.15, 0.2) is 11.5 Å². The van der Waals surface area contributed by atoms with Crippen molar-refractivity contribution in [1.82, 2.24) is 4.98 Å². The summed E-state index contributed by atoms with van der Waals surface area (Å²) < 4.78 is 16.9. The van der Waals surface area contributed by atoms with E-state index in [4.69, 9.17) is 14.2 Å². The Morgan fingerprint density at radius 1 is 0.778 bits per heavy atom. The van der Waals surface area contributed by atoms with Gasteiger partial charge in [0.2, 0.25) is 0 Å². The Hall–Kier alpha value is -4.19. The molecule has 0 spiro atoms. The van der Waals surface area contributed by atoms with E-state index in [1.807, 2.05) is 62.4 Å². The van der Waals surface area contributed by atoms with E-state index in [9.17, 15) is 9.59 Å². The first-order valence-corrected chi connectivity index (χ1v) is 11.7. The van der Waals surface area contributed by atoms with Gasteiger partial charge in [-0.25, -0.2) is 0 Å². The summed E-state index contributed by atoms with van der Waals surface area (Å²) in [6.07, 6.45) is 2.09. The molecule has 184 valence electrons. The van der Waals surface area contributed by atoms with E-state index in [2.05, 4.69) is 4.98 Å². The molecule has 1 heterocycles. The molecule has 0 aliphatic rings. The minimum atomic E-state index is -0.0962. The van der Waals surface area contributed by atoms with Crippen molar-refractivity contribution in [2.24, 2.45) is 0 Å². The number of ether oxygens (including phenoxy) is 3. The molecule has 0 aliphatic heterocycles. The summed E-state index contributed by atoms with van der Waals surface area (Å²) in [7, 11) is 3.16. The number of methoxy groups -OCH3 is 2. The predicted molar refractivity (Wildman–Crippen MR) is 139 cm³/mol. The summed E-state index contributed by atoms with van der Waals surface area (Å²) in [5.74, 6) is 2.27. The van der Waals surface area contributed by atoms with Crippen LogP contribution >= 0.6 is 0 Å². The van der Waals surface area contributed by atoms with Crippen LogP contribution in [0.4, 0.5) is 0 Å². The highest BCUT2D eigenvalue weighted by atomic mass is 16.5. The second-order valence-corrected chi connectivity index (χ2v) is 8.76. The smallest absolute Gasteiger partial charge is 0.162 e. The van der Waals surface area contributed by atoms with Crippen LogP contribution in [0.2, 0.25) is 0 Å². The third-order valence-electron chi connectivity index (χ3n) is 6.17. The number of aromatic nitrogens is 1. The van der Waals surface area contributed by atoms with Gasteiger partial charge in [-0.2, -0.15) is 0 Å². The largest absolute Gasteiger partial charge is 0.493 e. The third-order valence-corrected chi connectivity index (χ3v) is 6.17. The molecule has 4 aromatic rings. The van der Waals surface area contributed by atoms with Crippen LogP contribution in [0.25, 0.3) is 10.9 Å². The van der Waals surface area contributed by atoms with Gasteiger partial charge in [0, 0.05) is 30.5 Å². The fourth-order valence-electron chi connectivity index (χ4n) is 4.24. The predicted octanol–water partition coefficient (Wildman–Crippen LogP) is 5.97. The number of pyridine rings is 1. The van der Waals surface area contributed by atoms with E-state index in [0.29, 0.717) is 23.0 Å². The van der Waals surface area contributed by atoms with Gasteiger partial charge in [0.25, 0.3) is 0 Å². The summed E-state index contributed by atoms with van der Waals surface area (Å²) in [6, 6.07) is 18.7. The molecule has 4 rings (SSSR count). The fraction of sp³-hybridized carbons (Fsp3) is 0.233. The van der Waals surface area contributed by atoms with Gasteiger partial charge >= 0.3 is 0 Å². The number of benzene rings is 3. The van der Waals surface area contributed by atoms with Crippen molar-refractivity contribution in [3.63, 3.8) is 0 Å². The van der Waals surface area contributed by atoms with E-state index >= 15 is 0 Å². The average molecular weight is 484 g/mol. The first kappa shape index (κ1) is 24.9. The fourth-order valence-corrected chi connectivity index (χ4v) is 4.24. The van der Waals surface area contributed by atoms with E-state index in [1.54, 1.807) is 32.5 Å². The highest BCUT2D eigenvalue weighted by Crippen LogP contribution is 2.36. The van der Waals surface area contributed by atoms with Crippen molar-refractivity contribution in [1.29, 1.82) is 0 Å². The topological polar surface area (TPSA) is 74.7 Å². The maximum atomic E-state index is 12.5. The molecule has 0 radical (unpaired) electrons. The Kier molecular flexibility index (Phi) is 7.64. The number of rotatable bonds is 10. The normalized spacial score (nSPS) is 10.8. The van der Waals surface area contributed by atoms with Crippen molar-refractivity contribution in [3.05, 3.63) is 89.1 Å². The van der Waals surface area contributed by atoms with Gasteiger partial charge < -0.3 is 14.2 Å². The number of fused-ring (bicyclic) bond motifs is 1. The molecule has 0 N–H and O–H groups in total. The third kappa shape index (κ3) is 5.71. The number of nitrogens with zero attached hydrogens (tertiary/aromatic N) is 1. The summed E-state index contributed by atoms with van der Waals surface area (Å²) >= 11 is 0. The van der Waals surface area contributed by atoms with Gasteiger partial charge in [-0.3, -0.25) is 14.6 Å². The molecule has 1 aromatic heterocycles. The van der Waals surface area contributed by atoms with Crippen molar-refractivity contribution in [2.75, 3.05) is 14.2 Å². The van der Waals surface area contributed by atoms with Gasteiger partial charge in [-0.1, -0.05) is 30.3 Å². The molecule has 0 atom stereocenters. The summed E-state index contributed by atoms with van der Waals surface area (Å²) in [4.78, 5) is 29.4. The van der Waals surface area contributed by atoms with Crippen LogP contribution in [0.3, 0.4) is 0 Å². The number of ketones is 2. The van der Waals surface area contributed by atoms with Gasteiger partial charge in [-0.05, 0) is 60.4 Å². The maximum Gasteiger partial charge on any atom is 0.162 e. The standard InChI is InChI=1S/C30H29NO5/c1-19-6-5-7-20(2)25(19)16-23(33)15-22(32)14-21-8-10-24(11-9-21)36-28-12-13-31-27-18-30(35-4)29(34-3)17-26(27)28/h5-13,17-18H,14-16H2,1-4H3. The molecule has 0 saturated carbocycles.